The minimum atomic E-state index is -1.91. The number of rotatable bonds is 17. The summed E-state index contributed by atoms with van der Waals surface area (Å²) in [7, 11) is 0. The maximum Gasteiger partial charge on any atom is 0.343 e. The third kappa shape index (κ3) is 10.7. The number of carbonyl (C=O) groups excluding carboxylic acids is 1. The van der Waals surface area contributed by atoms with Gasteiger partial charge in [-0.1, -0.05) is 65.7 Å². The Morgan fingerprint density at radius 1 is 0.811 bits per heavy atom. The van der Waals surface area contributed by atoms with Crippen LogP contribution in [0, 0.1) is 11.7 Å². The fourth-order valence-electron chi connectivity index (χ4n) is 3.81. The zero-order valence-electron chi connectivity index (χ0n) is 22.5. The molecular formula is C30H41F3O4. The summed E-state index contributed by atoms with van der Waals surface area (Å²) in [4.78, 5) is 12.4. The van der Waals surface area contributed by atoms with E-state index >= 15 is 0 Å². The van der Waals surface area contributed by atoms with Gasteiger partial charge in [-0.15, -0.1) is 0 Å². The van der Waals surface area contributed by atoms with E-state index in [4.69, 9.17) is 14.2 Å². The normalized spacial score (nSPS) is 13.7. The highest BCUT2D eigenvalue weighted by molar-refractivity contribution is 5.91. The van der Waals surface area contributed by atoms with Crippen LogP contribution in [-0.4, -0.2) is 31.0 Å². The molecule has 0 amide bonds. The van der Waals surface area contributed by atoms with E-state index in [9.17, 15) is 18.0 Å². The van der Waals surface area contributed by atoms with Crippen molar-refractivity contribution in [1.82, 2.24) is 0 Å². The van der Waals surface area contributed by atoms with Crippen molar-refractivity contribution >= 4 is 5.97 Å². The number of alkyl halides is 2. The first-order valence-corrected chi connectivity index (χ1v) is 13.4. The summed E-state index contributed by atoms with van der Waals surface area (Å²) in [5, 5.41) is 0. The molecule has 3 atom stereocenters. The van der Waals surface area contributed by atoms with E-state index < -0.39 is 36.2 Å². The highest BCUT2D eigenvalue weighted by Gasteiger charge is 2.31. The number of carbonyl (C=O) groups is 1. The minimum Gasteiger partial charge on any atom is -0.494 e. The van der Waals surface area contributed by atoms with Gasteiger partial charge in [0, 0.05) is 0 Å². The zero-order valence-corrected chi connectivity index (χ0v) is 22.5. The standard InChI is InChI=1S/C30H41F3O4/c1-5-6-7-8-9-10-11-12-19-35-24-14-16-25(17-15-24)37-30(34)23-13-18-27(26(31)20-23)36-22(4)29(33)28(32)21(2)3/h13-18,20-22,28-29H,5-12,19H2,1-4H3/t22-,28?,29+/m1/s1. The Kier molecular flexibility index (Phi) is 13.4. The molecule has 2 aromatic rings. The van der Waals surface area contributed by atoms with E-state index in [0.29, 0.717) is 18.1 Å². The first-order valence-electron chi connectivity index (χ1n) is 13.4. The second-order valence-electron chi connectivity index (χ2n) is 9.79. The Hall–Kier alpha value is -2.70. The number of halogens is 3. The monoisotopic (exact) mass is 522 g/mol. The number of unbranched alkanes of at least 4 members (excludes halogenated alkanes) is 7. The number of hydrogen-bond acceptors (Lipinski definition) is 4. The van der Waals surface area contributed by atoms with Gasteiger partial charge in [-0.05, 0) is 61.7 Å². The van der Waals surface area contributed by atoms with Crippen molar-refractivity contribution in [2.24, 2.45) is 5.92 Å². The molecule has 0 aliphatic rings. The molecule has 0 radical (unpaired) electrons. The van der Waals surface area contributed by atoms with Crippen LogP contribution in [0.3, 0.4) is 0 Å². The van der Waals surface area contributed by atoms with Gasteiger partial charge in [-0.25, -0.2) is 18.0 Å². The Balaban J connectivity index is 1.78. The lowest BCUT2D eigenvalue weighted by Crippen LogP contribution is -2.36. The largest absolute Gasteiger partial charge is 0.494 e. The molecule has 4 nitrogen and oxygen atoms in total. The predicted molar refractivity (Wildman–Crippen MR) is 141 cm³/mol. The molecule has 1 unspecified atom stereocenters. The summed E-state index contributed by atoms with van der Waals surface area (Å²) in [5.74, 6) is -1.43. The molecule has 2 aromatic carbocycles. The van der Waals surface area contributed by atoms with E-state index in [1.165, 1.54) is 57.6 Å². The second-order valence-corrected chi connectivity index (χ2v) is 9.79. The van der Waals surface area contributed by atoms with Crippen molar-refractivity contribution in [2.75, 3.05) is 6.61 Å². The Morgan fingerprint density at radius 3 is 2.00 bits per heavy atom. The molecule has 0 saturated heterocycles. The summed E-state index contributed by atoms with van der Waals surface area (Å²) < 4.78 is 58.9. The highest BCUT2D eigenvalue weighted by atomic mass is 19.2. The smallest absolute Gasteiger partial charge is 0.343 e. The predicted octanol–water partition coefficient (Wildman–Crippen LogP) is 8.66. The van der Waals surface area contributed by atoms with Gasteiger partial charge in [0.25, 0.3) is 0 Å². The van der Waals surface area contributed by atoms with Crippen LogP contribution in [0.25, 0.3) is 0 Å². The van der Waals surface area contributed by atoms with Crippen molar-refractivity contribution in [1.29, 1.82) is 0 Å². The van der Waals surface area contributed by atoms with Gasteiger partial charge in [-0.3, -0.25) is 0 Å². The van der Waals surface area contributed by atoms with Crippen LogP contribution in [0.1, 0.15) is 89.4 Å². The lowest BCUT2D eigenvalue weighted by Gasteiger charge is -2.23. The molecule has 0 aromatic heterocycles. The van der Waals surface area contributed by atoms with Gasteiger partial charge in [-0.2, -0.15) is 0 Å². The van der Waals surface area contributed by atoms with E-state index in [-0.39, 0.29) is 11.3 Å². The van der Waals surface area contributed by atoms with Crippen LogP contribution in [-0.2, 0) is 0 Å². The molecular weight excluding hydrogens is 481 g/mol. The number of benzene rings is 2. The van der Waals surface area contributed by atoms with Crippen LogP contribution in [0.15, 0.2) is 42.5 Å². The van der Waals surface area contributed by atoms with Gasteiger partial charge in [0.05, 0.1) is 12.2 Å². The highest BCUT2D eigenvalue weighted by Crippen LogP contribution is 2.25. The SMILES string of the molecule is CCCCCCCCCCOc1ccc(OC(=O)c2ccc(O[C@H](C)[C@H](F)C(F)C(C)C)c(F)c2)cc1. The van der Waals surface area contributed by atoms with Crippen molar-refractivity contribution in [3.8, 4) is 17.2 Å². The average molecular weight is 523 g/mol. The zero-order chi connectivity index (χ0) is 27.2. The summed E-state index contributed by atoms with van der Waals surface area (Å²) in [6, 6.07) is 10.1. The lowest BCUT2D eigenvalue weighted by molar-refractivity contribution is 0.0319. The number of hydrogen-bond donors (Lipinski definition) is 0. The molecule has 7 heteroatoms. The molecule has 0 aliphatic heterocycles. The number of ether oxygens (including phenoxy) is 3. The molecule has 0 fully saturated rings. The molecule has 0 N–H and O–H groups in total. The van der Waals surface area contributed by atoms with E-state index in [1.807, 2.05) is 0 Å². The summed E-state index contributed by atoms with van der Waals surface area (Å²) in [6.07, 6.45) is 5.00. The van der Waals surface area contributed by atoms with Gasteiger partial charge in [0.1, 0.15) is 23.8 Å². The van der Waals surface area contributed by atoms with Crippen molar-refractivity contribution < 1.29 is 32.2 Å². The molecule has 206 valence electrons. The minimum absolute atomic E-state index is 0.0325. The molecule has 0 heterocycles. The maximum atomic E-state index is 14.5. The third-order valence-corrected chi connectivity index (χ3v) is 6.17. The van der Waals surface area contributed by atoms with Gasteiger partial charge in [0.2, 0.25) is 0 Å². The van der Waals surface area contributed by atoms with Gasteiger partial charge >= 0.3 is 5.97 Å². The molecule has 2 rings (SSSR count). The Morgan fingerprint density at radius 2 is 1.41 bits per heavy atom. The van der Waals surface area contributed by atoms with Crippen LogP contribution in [0.4, 0.5) is 13.2 Å². The summed E-state index contributed by atoms with van der Waals surface area (Å²) in [6.45, 7) is 7.31. The summed E-state index contributed by atoms with van der Waals surface area (Å²) in [5.41, 5.74) is -0.0325. The maximum absolute atomic E-state index is 14.5. The Bertz CT molecular complexity index is 933. The first kappa shape index (κ1) is 30.5. The van der Waals surface area contributed by atoms with Crippen molar-refractivity contribution in [2.45, 2.75) is 97.5 Å². The Labute approximate surface area is 219 Å². The molecule has 37 heavy (non-hydrogen) atoms. The third-order valence-electron chi connectivity index (χ3n) is 6.17. The van der Waals surface area contributed by atoms with Crippen LogP contribution in [0.5, 0.6) is 17.2 Å². The van der Waals surface area contributed by atoms with Crippen molar-refractivity contribution in [3.63, 3.8) is 0 Å². The summed E-state index contributed by atoms with van der Waals surface area (Å²) >= 11 is 0. The first-order chi connectivity index (χ1) is 17.7. The van der Waals surface area contributed by atoms with Crippen LogP contribution in [0.2, 0.25) is 0 Å². The van der Waals surface area contributed by atoms with E-state index in [2.05, 4.69) is 6.92 Å². The fraction of sp³-hybridized carbons (Fsp3) is 0.567. The average Bonchev–Trinajstić information content (AvgIpc) is 2.88. The topological polar surface area (TPSA) is 44.8 Å². The molecule has 0 saturated carbocycles. The van der Waals surface area contributed by atoms with E-state index in [1.54, 1.807) is 38.1 Å². The van der Waals surface area contributed by atoms with Gasteiger partial charge in [0.15, 0.2) is 17.7 Å². The van der Waals surface area contributed by atoms with Gasteiger partial charge < -0.3 is 14.2 Å². The lowest BCUT2D eigenvalue weighted by atomic mass is 10.0. The quantitative estimate of drug-likeness (QED) is 0.118. The number of esters is 1. The fourth-order valence-corrected chi connectivity index (χ4v) is 3.81. The molecule has 0 bridgehead atoms. The van der Waals surface area contributed by atoms with Crippen LogP contribution >= 0.6 is 0 Å². The molecule has 0 aliphatic carbocycles. The van der Waals surface area contributed by atoms with Crippen LogP contribution < -0.4 is 14.2 Å². The second kappa shape index (κ2) is 16.2. The van der Waals surface area contributed by atoms with E-state index in [0.717, 1.165) is 18.9 Å². The van der Waals surface area contributed by atoms with Crippen molar-refractivity contribution in [3.05, 3.63) is 53.8 Å². The molecule has 0 spiro atoms.